The Morgan fingerprint density at radius 1 is 1.00 bits per heavy atom. The van der Waals surface area contributed by atoms with Crippen molar-refractivity contribution in [2.45, 2.75) is 57.2 Å². The zero-order chi connectivity index (χ0) is 27.6. The number of piperidine rings is 1. The Balaban J connectivity index is 1.12. The maximum atomic E-state index is 15.0. The molecule has 0 aromatic heterocycles. The molecule has 2 aromatic carbocycles. The lowest BCUT2D eigenvalue weighted by Gasteiger charge is -2.47. The fourth-order valence-electron chi connectivity index (χ4n) is 6.16. The van der Waals surface area contributed by atoms with Crippen LogP contribution in [-0.2, 0) is 0 Å². The number of alkyl halides is 3. The summed E-state index contributed by atoms with van der Waals surface area (Å²) in [5.74, 6) is 0.0775. The number of benzene rings is 2. The van der Waals surface area contributed by atoms with Gasteiger partial charge in [0.1, 0.15) is 11.6 Å². The van der Waals surface area contributed by atoms with Crippen LogP contribution in [0.15, 0.2) is 42.5 Å². The summed E-state index contributed by atoms with van der Waals surface area (Å²) in [6.45, 7) is 2.31. The molecule has 2 saturated heterocycles. The number of likely N-dealkylation sites (tertiary alicyclic amines) is 2. The summed E-state index contributed by atoms with van der Waals surface area (Å²) in [6, 6.07) is 11.4. The van der Waals surface area contributed by atoms with Gasteiger partial charge < -0.3 is 19.6 Å². The quantitative estimate of drug-likeness (QED) is 0.417. The van der Waals surface area contributed by atoms with E-state index in [-0.39, 0.29) is 43.9 Å². The highest BCUT2D eigenvalue weighted by Crippen LogP contribution is 2.53. The first-order valence-corrected chi connectivity index (χ1v) is 13.9. The molecule has 1 N–H and O–H groups in total. The van der Waals surface area contributed by atoms with Crippen LogP contribution in [0.5, 0.6) is 5.75 Å². The summed E-state index contributed by atoms with van der Waals surface area (Å²) >= 11 is 0. The lowest BCUT2D eigenvalue weighted by molar-refractivity contribution is -0.256. The van der Waals surface area contributed by atoms with Crippen molar-refractivity contribution < 1.29 is 32.2 Å². The third-order valence-corrected chi connectivity index (χ3v) is 8.86. The molecule has 1 saturated carbocycles. The zero-order valence-corrected chi connectivity index (χ0v) is 22.1. The molecule has 3 aliphatic rings. The molecule has 1 amide bonds. The van der Waals surface area contributed by atoms with E-state index in [1.54, 1.807) is 41.3 Å². The second-order valence-electron chi connectivity index (χ2n) is 11.4. The second-order valence-corrected chi connectivity index (χ2v) is 11.4. The molecule has 0 radical (unpaired) electrons. The minimum absolute atomic E-state index is 0.0504. The number of carbonyl (C=O) groups is 1. The maximum absolute atomic E-state index is 15.0. The van der Waals surface area contributed by atoms with Gasteiger partial charge in [0.05, 0.1) is 24.7 Å². The molecule has 2 heterocycles. The van der Waals surface area contributed by atoms with Crippen LogP contribution in [0.3, 0.4) is 0 Å². The van der Waals surface area contributed by atoms with Gasteiger partial charge in [-0.05, 0) is 87.4 Å². The smallest absolute Gasteiger partial charge is 0.395 e. The van der Waals surface area contributed by atoms with E-state index in [0.717, 1.165) is 25.7 Å². The van der Waals surface area contributed by atoms with Gasteiger partial charge in [-0.25, -0.2) is 4.39 Å². The molecular formula is C30H36F4N2O3. The maximum Gasteiger partial charge on any atom is 0.395 e. The monoisotopic (exact) mass is 548 g/mol. The summed E-state index contributed by atoms with van der Waals surface area (Å²) in [4.78, 5) is 16.4. The number of hydrogen-bond donors (Lipinski definition) is 1. The summed E-state index contributed by atoms with van der Waals surface area (Å²) in [5.41, 5.74) is 0.0269. The van der Waals surface area contributed by atoms with E-state index in [1.165, 1.54) is 6.07 Å². The van der Waals surface area contributed by atoms with Crippen LogP contribution in [0.25, 0.3) is 11.1 Å². The van der Waals surface area contributed by atoms with Crippen LogP contribution in [0.2, 0.25) is 0 Å². The van der Waals surface area contributed by atoms with Crippen LogP contribution in [0, 0.1) is 17.2 Å². The Hall–Kier alpha value is -2.65. The van der Waals surface area contributed by atoms with E-state index in [9.17, 15) is 27.5 Å². The Kier molecular flexibility index (Phi) is 8.19. The van der Waals surface area contributed by atoms with Crippen molar-refractivity contribution in [3.8, 4) is 16.9 Å². The van der Waals surface area contributed by atoms with E-state index >= 15 is 0 Å². The van der Waals surface area contributed by atoms with Crippen molar-refractivity contribution in [3.05, 3.63) is 53.8 Å². The summed E-state index contributed by atoms with van der Waals surface area (Å²) in [6.07, 6.45) is 0.150. The normalized spacial score (nSPS) is 22.1. The van der Waals surface area contributed by atoms with Crippen LogP contribution in [-0.4, -0.2) is 72.4 Å². The highest BCUT2D eigenvalue weighted by Gasteiger charge is 2.58. The average Bonchev–Trinajstić information content (AvgIpc) is 3.38. The lowest BCUT2D eigenvalue weighted by atomic mass is 9.67. The molecule has 9 heteroatoms. The van der Waals surface area contributed by atoms with Gasteiger partial charge in [-0.3, -0.25) is 4.79 Å². The first-order valence-electron chi connectivity index (χ1n) is 13.9. The SMILES string of the molecule is O=C(c1ccc(-c2ccc(OCC3CCN(CC4(C(F)(F)F)CCC4)CC3)cc2F)cc1)N1CCCC1CO. The summed E-state index contributed by atoms with van der Waals surface area (Å²) in [5, 5.41) is 9.49. The molecule has 0 bridgehead atoms. The number of ether oxygens (including phenoxy) is 1. The fourth-order valence-corrected chi connectivity index (χ4v) is 6.16. The third-order valence-electron chi connectivity index (χ3n) is 8.86. The summed E-state index contributed by atoms with van der Waals surface area (Å²) < 4.78 is 61.3. The molecule has 1 unspecified atom stereocenters. The highest BCUT2D eigenvalue weighted by atomic mass is 19.4. The molecule has 2 aliphatic heterocycles. The lowest BCUT2D eigenvalue weighted by Crippen LogP contribution is -2.53. The van der Waals surface area contributed by atoms with Gasteiger partial charge in [0.25, 0.3) is 5.91 Å². The molecular weight excluding hydrogens is 512 g/mol. The van der Waals surface area contributed by atoms with Crippen molar-refractivity contribution in [1.82, 2.24) is 9.80 Å². The Morgan fingerprint density at radius 3 is 2.31 bits per heavy atom. The molecule has 5 rings (SSSR count). The standard InChI is InChI=1S/C30H36F4N2O3/c31-27-17-25(39-19-21-10-15-35(16-11-21)20-29(12-2-13-29)30(32,33)34)8-9-26(27)22-4-6-23(7-5-22)28(38)36-14-1-3-24(36)18-37/h4-9,17,21,24,37H,1-3,10-16,18-20H2. The molecule has 3 fully saturated rings. The number of hydrogen-bond acceptors (Lipinski definition) is 4. The van der Waals surface area contributed by atoms with Gasteiger partial charge >= 0.3 is 6.18 Å². The van der Waals surface area contributed by atoms with Crippen LogP contribution >= 0.6 is 0 Å². The number of aliphatic hydroxyl groups is 1. The summed E-state index contributed by atoms with van der Waals surface area (Å²) in [7, 11) is 0. The first kappa shape index (κ1) is 27.9. The van der Waals surface area contributed by atoms with Crippen molar-refractivity contribution in [3.63, 3.8) is 0 Å². The van der Waals surface area contributed by atoms with Crippen molar-refractivity contribution >= 4 is 5.91 Å². The van der Waals surface area contributed by atoms with Gasteiger partial charge in [0.2, 0.25) is 0 Å². The first-order chi connectivity index (χ1) is 18.7. The van der Waals surface area contributed by atoms with Gasteiger partial charge in [-0.2, -0.15) is 13.2 Å². The molecule has 39 heavy (non-hydrogen) atoms. The minimum atomic E-state index is -4.14. The zero-order valence-electron chi connectivity index (χ0n) is 22.1. The van der Waals surface area contributed by atoms with Crippen molar-refractivity contribution in [2.24, 2.45) is 11.3 Å². The predicted molar refractivity (Wildman–Crippen MR) is 140 cm³/mol. The van der Waals surface area contributed by atoms with Crippen molar-refractivity contribution in [2.75, 3.05) is 39.4 Å². The van der Waals surface area contributed by atoms with E-state index < -0.39 is 17.4 Å². The molecule has 212 valence electrons. The topological polar surface area (TPSA) is 53.0 Å². The van der Waals surface area contributed by atoms with E-state index in [1.807, 2.05) is 4.90 Å². The molecule has 1 atom stereocenters. The molecule has 1 aliphatic carbocycles. The molecule has 2 aromatic rings. The Bertz CT molecular complexity index is 1140. The fraction of sp³-hybridized carbons (Fsp3) is 0.567. The van der Waals surface area contributed by atoms with Gasteiger partial charge in [-0.15, -0.1) is 0 Å². The van der Waals surface area contributed by atoms with Gasteiger partial charge in [0.15, 0.2) is 0 Å². The van der Waals surface area contributed by atoms with Gasteiger partial charge in [-0.1, -0.05) is 18.6 Å². The van der Waals surface area contributed by atoms with Crippen LogP contribution in [0.4, 0.5) is 17.6 Å². The Labute approximate surface area is 226 Å². The number of aliphatic hydroxyl groups excluding tert-OH is 1. The number of rotatable bonds is 8. The van der Waals surface area contributed by atoms with Gasteiger partial charge in [0, 0.05) is 30.3 Å². The van der Waals surface area contributed by atoms with Crippen LogP contribution < -0.4 is 4.74 Å². The average molecular weight is 549 g/mol. The predicted octanol–water partition coefficient (Wildman–Crippen LogP) is 5.91. The van der Waals surface area contributed by atoms with E-state index in [2.05, 4.69) is 0 Å². The molecule has 5 nitrogen and oxygen atoms in total. The largest absolute Gasteiger partial charge is 0.493 e. The number of amides is 1. The number of halogens is 4. The Morgan fingerprint density at radius 2 is 1.72 bits per heavy atom. The third kappa shape index (κ3) is 5.94. The second kappa shape index (κ2) is 11.5. The minimum Gasteiger partial charge on any atom is -0.493 e. The molecule has 0 spiro atoms. The van der Waals surface area contributed by atoms with Crippen molar-refractivity contribution in [1.29, 1.82) is 0 Å². The van der Waals surface area contributed by atoms with E-state index in [4.69, 9.17) is 4.74 Å². The highest BCUT2D eigenvalue weighted by molar-refractivity contribution is 5.95. The number of nitrogens with zero attached hydrogens (tertiary/aromatic N) is 2. The van der Waals surface area contributed by atoms with E-state index in [0.29, 0.717) is 55.1 Å². The van der Waals surface area contributed by atoms with Crippen LogP contribution in [0.1, 0.15) is 55.3 Å². The number of carbonyl (C=O) groups excluding carboxylic acids is 1.